The minimum Gasteiger partial charge on any atom is -0.398 e. The maximum absolute atomic E-state index is 12.2. The van der Waals surface area contributed by atoms with E-state index >= 15 is 0 Å². The van der Waals surface area contributed by atoms with E-state index in [1.807, 2.05) is 19.2 Å². The third kappa shape index (κ3) is 3.35. The molecule has 1 aromatic heterocycles. The lowest BCUT2D eigenvalue weighted by atomic mass is 10.1. The zero-order valence-electron chi connectivity index (χ0n) is 11.1. The van der Waals surface area contributed by atoms with Gasteiger partial charge in [0.1, 0.15) is 0 Å². The number of benzene rings is 1. The molecule has 1 aromatic carbocycles. The first kappa shape index (κ1) is 13.6. The molecule has 19 heavy (non-hydrogen) atoms. The Morgan fingerprint density at radius 2 is 2.21 bits per heavy atom. The molecule has 0 aliphatic heterocycles. The van der Waals surface area contributed by atoms with Crippen LogP contribution in [0, 0.1) is 6.92 Å². The molecule has 3 N–H and O–H groups in total. The third-order valence-electron chi connectivity index (χ3n) is 3.12. The van der Waals surface area contributed by atoms with Crippen molar-refractivity contribution in [1.29, 1.82) is 0 Å². The summed E-state index contributed by atoms with van der Waals surface area (Å²) in [6, 6.07) is 7.60. The number of anilines is 1. The molecule has 0 bridgehead atoms. The van der Waals surface area contributed by atoms with Crippen LogP contribution in [0.2, 0.25) is 0 Å². The normalized spacial score (nSPS) is 12.1. The van der Waals surface area contributed by atoms with Crippen molar-refractivity contribution in [3.05, 3.63) is 51.7 Å². The summed E-state index contributed by atoms with van der Waals surface area (Å²) >= 11 is 1.67. The number of amides is 1. The molecule has 0 radical (unpaired) electrons. The van der Waals surface area contributed by atoms with Gasteiger partial charge in [0.05, 0.1) is 0 Å². The maximum Gasteiger partial charge on any atom is 0.251 e. The average Bonchev–Trinajstić information content (AvgIpc) is 2.85. The maximum atomic E-state index is 12.2. The summed E-state index contributed by atoms with van der Waals surface area (Å²) in [4.78, 5) is 12.2. The number of carbonyl (C=O) groups is 1. The summed E-state index contributed by atoms with van der Waals surface area (Å²) in [6.07, 6.45) is 0.844. The Labute approximate surface area is 117 Å². The van der Waals surface area contributed by atoms with Gasteiger partial charge in [-0.1, -0.05) is 6.07 Å². The van der Waals surface area contributed by atoms with Gasteiger partial charge in [0.15, 0.2) is 0 Å². The van der Waals surface area contributed by atoms with Gasteiger partial charge >= 0.3 is 0 Å². The fourth-order valence-corrected chi connectivity index (χ4v) is 2.70. The predicted octanol–water partition coefficient (Wildman–Crippen LogP) is 3.00. The van der Waals surface area contributed by atoms with Crippen LogP contribution in [0.15, 0.2) is 35.0 Å². The number of nitrogens with two attached hydrogens (primary N) is 1. The molecule has 100 valence electrons. The highest BCUT2D eigenvalue weighted by Gasteiger charge is 2.13. The average molecular weight is 274 g/mol. The Kier molecular flexibility index (Phi) is 4.22. The molecule has 0 saturated heterocycles. The molecule has 1 atom stereocenters. The van der Waals surface area contributed by atoms with Crippen LogP contribution in [-0.4, -0.2) is 11.9 Å². The van der Waals surface area contributed by atoms with Gasteiger partial charge in [0, 0.05) is 17.3 Å². The lowest BCUT2D eigenvalue weighted by Gasteiger charge is -2.15. The van der Waals surface area contributed by atoms with Gasteiger partial charge in [-0.2, -0.15) is 11.3 Å². The fraction of sp³-hybridized carbons (Fsp3) is 0.267. The van der Waals surface area contributed by atoms with E-state index in [9.17, 15) is 4.79 Å². The van der Waals surface area contributed by atoms with Gasteiger partial charge in [-0.05, 0) is 60.4 Å². The summed E-state index contributed by atoms with van der Waals surface area (Å²) in [5.41, 5.74) is 9.21. The Hall–Kier alpha value is -1.81. The van der Waals surface area contributed by atoms with E-state index in [4.69, 9.17) is 5.73 Å². The van der Waals surface area contributed by atoms with Crippen molar-refractivity contribution in [2.45, 2.75) is 26.3 Å². The quantitative estimate of drug-likeness (QED) is 0.842. The molecule has 4 heteroatoms. The smallest absolute Gasteiger partial charge is 0.251 e. The van der Waals surface area contributed by atoms with Gasteiger partial charge in [0.2, 0.25) is 0 Å². The Morgan fingerprint density at radius 1 is 1.42 bits per heavy atom. The molecule has 3 nitrogen and oxygen atoms in total. The number of thiophene rings is 1. The molecule has 2 aromatic rings. The molecule has 0 fully saturated rings. The van der Waals surface area contributed by atoms with Crippen molar-refractivity contribution in [1.82, 2.24) is 5.32 Å². The second-order valence-electron chi connectivity index (χ2n) is 4.73. The topological polar surface area (TPSA) is 55.1 Å². The monoisotopic (exact) mass is 274 g/mol. The first-order chi connectivity index (χ1) is 9.08. The molecule has 1 amide bonds. The molecule has 1 heterocycles. The van der Waals surface area contributed by atoms with Crippen LogP contribution >= 0.6 is 11.3 Å². The zero-order valence-corrected chi connectivity index (χ0v) is 12.0. The van der Waals surface area contributed by atoms with E-state index in [0.717, 1.165) is 12.0 Å². The summed E-state index contributed by atoms with van der Waals surface area (Å²) < 4.78 is 0. The Balaban J connectivity index is 2.02. The van der Waals surface area contributed by atoms with Crippen molar-refractivity contribution < 1.29 is 4.79 Å². The third-order valence-corrected chi connectivity index (χ3v) is 3.85. The summed E-state index contributed by atoms with van der Waals surface area (Å²) in [7, 11) is 0. The highest BCUT2D eigenvalue weighted by Crippen LogP contribution is 2.16. The van der Waals surface area contributed by atoms with Crippen LogP contribution < -0.4 is 11.1 Å². The van der Waals surface area contributed by atoms with Crippen molar-refractivity contribution >= 4 is 22.9 Å². The fourth-order valence-electron chi connectivity index (χ4n) is 2.01. The standard InChI is InChI=1S/C15H18N2OS/c1-10(8-12-6-7-19-9-12)17-15(18)13-4-3-5-14(16)11(13)2/h3-7,9-10H,8,16H2,1-2H3,(H,17,18). The molecule has 1 unspecified atom stereocenters. The van der Waals surface area contributed by atoms with Gasteiger partial charge in [-0.25, -0.2) is 0 Å². The second-order valence-corrected chi connectivity index (χ2v) is 5.51. The van der Waals surface area contributed by atoms with Crippen molar-refractivity contribution in [2.24, 2.45) is 0 Å². The zero-order chi connectivity index (χ0) is 13.8. The molecular weight excluding hydrogens is 256 g/mol. The highest BCUT2D eigenvalue weighted by molar-refractivity contribution is 7.07. The number of hydrogen-bond acceptors (Lipinski definition) is 3. The number of hydrogen-bond donors (Lipinski definition) is 2. The minimum atomic E-state index is -0.0625. The summed E-state index contributed by atoms with van der Waals surface area (Å²) in [6.45, 7) is 3.88. The van der Waals surface area contributed by atoms with E-state index in [1.54, 1.807) is 29.5 Å². The van der Waals surface area contributed by atoms with Gasteiger partial charge in [0.25, 0.3) is 5.91 Å². The van der Waals surface area contributed by atoms with Crippen LogP contribution in [0.4, 0.5) is 5.69 Å². The molecule has 0 aliphatic rings. The molecule has 0 spiro atoms. The minimum absolute atomic E-state index is 0.0625. The van der Waals surface area contributed by atoms with Crippen molar-refractivity contribution in [3.63, 3.8) is 0 Å². The van der Waals surface area contributed by atoms with E-state index in [2.05, 4.69) is 16.8 Å². The summed E-state index contributed by atoms with van der Waals surface area (Å²) in [5.74, 6) is -0.0625. The van der Waals surface area contributed by atoms with Crippen molar-refractivity contribution in [2.75, 3.05) is 5.73 Å². The predicted molar refractivity (Wildman–Crippen MR) is 80.5 cm³/mol. The molecule has 2 rings (SSSR count). The van der Waals surface area contributed by atoms with Gasteiger partial charge < -0.3 is 11.1 Å². The first-order valence-electron chi connectivity index (χ1n) is 6.25. The number of rotatable bonds is 4. The van der Waals surface area contributed by atoms with E-state index in [1.165, 1.54) is 5.56 Å². The molecule has 0 saturated carbocycles. The van der Waals surface area contributed by atoms with Crippen LogP contribution in [0.25, 0.3) is 0 Å². The largest absolute Gasteiger partial charge is 0.398 e. The molecular formula is C15H18N2OS. The van der Waals surface area contributed by atoms with Gasteiger partial charge in [-0.3, -0.25) is 4.79 Å². The lowest BCUT2D eigenvalue weighted by Crippen LogP contribution is -2.34. The van der Waals surface area contributed by atoms with E-state index in [0.29, 0.717) is 11.3 Å². The highest BCUT2D eigenvalue weighted by atomic mass is 32.1. The van der Waals surface area contributed by atoms with E-state index in [-0.39, 0.29) is 11.9 Å². The number of carbonyl (C=O) groups excluding carboxylic acids is 1. The first-order valence-corrected chi connectivity index (χ1v) is 7.19. The Morgan fingerprint density at radius 3 is 2.89 bits per heavy atom. The van der Waals surface area contributed by atoms with Crippen LogP contribution in [-0.2, 0) is 6.42 Å². The van der Waals surface area contributed by atoms with Gasteiger partial charge in [-0.15, -0.1) is 0 Å². The van der Waals surface area contributed by atoms with Crippen molar-refractivity contribution in [3.8, 4) is 0 Å². The lowest BCUT2D eigenvalue weighted by molar-refractivity contribution is 0.0939. The number of nitrogens with one attached hydrogen (secondary N) is 1. The molecule has 0 aliphatic carbocycles. The van der Waals surface area contributed by atoms with Crippen LogP contribution in [0.1, 0.15) is 28.4 Å². The SMILES string of the molecule is Cc1c(N)cccc1C(=O)NC(C)Cc1ccsc1. The number of nitrogen functional groups attached to an aromatic ring is 1. The van der Waals surface area contributed by atoms with Crippen LogP contribution in [0.3, 0.4) is 0 Å². The Bertz CT molecular complexity index is 564. The summed E-state index contributed by atoms with van der Waals surface area (Å²) in [5, 5.41) is 7.17. The van der Waals surface area contributed by atoms with Crippen LogP contribution in [0.5, 0.6) is 0 Å². The second kappa shape index (κ2) is 5.89. The van der Waals surface area contributed by atoms with E-state index < -0.39 is 0 Å².